The lowest BCUT2D eigenvalue weighted by Crippen LogP contribution is -2.69. The highest BCUT2D eigenvalue weighted by Crippen LogP contribution is 2.41. The van der Waals surface area contributed by atoms with E-state index in [0.717, 1.165) is 11.1 Å². The summed E-state index contributed by atoms with van der Waals surface area (Å²) in [5.41, 5.74) is 6.85. The van der Waals surface area contributed by atoms with Crippen LogP contribution in [0.3, 0.4) is 0 Å². The Morgan fingerprint density at radius 2 is 1.71 bits per heavy atom. The molecule has 1 saturated heterocycles. The Kier molecular flexibility index (Phi) is 12.5. The molecule has 2 heterocycles. The first-order valence-corrected chi connectivity index (χ1v) is 18.0. The van der Waals surface area contributed by atoms with Crippen LogP contribution < -0.4 is 5.73 Å². The molecule has 1 aliphatic rings. The van der Waals surface area contributed by atoms with E-state index in [1.807, 2.05) is 64.1 Å². The number of urea groups is 1. The normalized spacial score (nSPS) is 17.1. The molecule has 1 aliphatic heterocycles. The summed E-state index contributed by atoms with van der Waals surface area (Å²) >= 11 is 0. The number of pyridine rings is 1. The van der Waals surface area contributed by atoms with Gasteiger partial charge in [-0.15, -0.1) is 0 Å². The quantitative estimate of drug-likeness (QED) is 0.109. The Balaban J connectivity index is 1.80. The summed E-state index contributed by atoms with van der Waals surface area (Å²) in [5.74, 6) is -2.32. The Labute approximate surface area is 289 Å². The molecule has 13 heteroatoms. The fourth-order valence-corrected chi connectivity index (χ4v) is 8.52. The van der Waals surface area contributed by atoms with Crippen molar-refractivity contribution >= 4 is 28.2 Å². The van der Waals surface area contributed by atoms with Crippen molar-refractivity contribution in [3.8, 4) is 0 Å². The minimum atomic E-state index is -4.14. The number of nitrogens with zero attached hydrogens (tertiary/aromatic N) is 5. The molecule has 3 aromatic rings. The number of aromatic nitrogens is 1. The molecule has 12 nitrogen and oxygen atoms in total. The summed E-state index contributed by atoms with van der Waals surface area (Å²) in [6, 6.07) is 18.5. The lowest BCUT2D eigenvalue weighted by Gasteiger charge is -2.50. The van der Waals surface area contributed by atoms with Gasteiger partial charge in [-0.25, -0.2) is 13.2 Å². The first-order chi connectivity index (χ1) is 23.4. The third-order valence-corrected chi connectivity index (χ3v) is 11.3. The van der Waals surface area contributed by atoms with Crippen LogP contribution >= 0.6 is 0 Å². The summed E-state index contributed by atoms with van der Waals surface area (Å²) in [6.07, 6.45) is 3.75. The van der Waals surface area contributed by atoms with E-state index in [9.17, 15) is 23.1 Å². The van der Waals surface area contributed by atoms with Crippen LogP contribution in [0.25, 0.3) is 0 Å². The van der Waals surface area contributed by atoms with Crippen LogP contribution in [0.1, 0.15) is 50.8 Å². The predicted molar refractivity (Wildman–Crippen MR) is 187 cm³/mol. The van der Waals surface area contributed by atoms with Gasteiger partial charge in [-0.2, -0.15) is 4.31 Å². The summed E-state index contributed by atoms with van der Waals surface area (Å²) in [7, 11) is -4.14. The maximum absolute atomic E-state index is 14.3. The van der Waals surface area contributed by atoms with Crippen molar-refractivity contribution < 1.29 is 28.3 Å². The lowest BCUT2D eigenvalue weighted by atomic mass is 9.67. The van der Waals surface area contributed by atoms with Crippen molar-refractivity contribution in [2.45, 2.75) is 63.6 Å². The molecule has 0 bridgehead atoms. The SMILES string of the molecule is CCC(C)C(C(N)=O)([C@H](Cc1ccccc1)[C@@H](O)CN(CC(C)C)S(=O)(=O)c1ccc(C=NO)cc1)N1CCN(Cc2cccnc2)C1=O. The summed E-state index contributed by atoms with van der Waals surface area (Å²) < 4.78 is 29.5. The van der Waals surface area contributed by atoms with Crippen LogP contribution in [-0.4, -0.2) is 93.8 Å². The predicted octanol–water partition coefficient (Wildman–Crippen LogP) is 3.96. The second kappa shape index (κ2) is 16.4. The van der Waals surface area contributed by atoms with E-state index in [-0.39, 0.29) is 49.4 Å². The fraction of sp³-hybridized carbons (Fsp3) is 0.444. The molecule has 0 aliphatic carbocycles. The van der Waals surface area contributed by atoms with E-state index in [4.69, 9.17) is 10.9 Å². The zero-order valence-electron chi connectivity index (χ0n) is 28.6. The minimum Gasteiger partial charge on any atom is -0.411 e. The van der Waals surface area contributed by atoms with Gasteiger partial charge in [0.05, 0.1) is 17.2 Å². The molecule has 49 heavy (non-hydrogen) atoms. The molecule has 1 fully saturated rings. The molecule has 4 atom stereocenters. The van der Waals surface area contributed by atoms with E-state index in [1.165, 1.54) is 39.7 Å². The summed E-state index contributed by atoms with van der Waals surface area (Å²) in [5, 5.41) is 24.2. The highest BCUT2D eigenvalue weighted by Gasteiger charge is 2.58. The number of aliphatic hydroxyl groups excluding tert-OH is 1. The van der Waals surface area contributed by atoms with Crippen molar-refractivity contribution in [2.75, 3.05) is 26.2 Å². The second-order valence-corrected chi connectivity index (χ2v) is 15.0. The number of nitrogens with two attached hydrogens (primary N) is 1. The largest absolute Gasteiger partial charge is 0.411 e. The number of benzene rings is 2. The number of oxime groups is 1. The van der Waals surface area contributed by atoms with Gasteiger partial charge >= 0.3 is 6.03 Å². The molecule has 1 aromatic heterocycles. The van der Waals surface area contributed by atoms with Crippen LogP contribution in [0.2, 0.25) is 0 Å². The molecule has 0 radical (unpaired) electrons. The van der Waals surface area contributed by atoms with Crippen molar-refractivity contribution in [1.82, 2.24) is 19.1 Å². The van der Waals surface area contributed by atoms with Gasteiger partial charge in [0.2, 0.25) is 15.9 Å². The molecular formula is C36H48N6O6S. The van der Waals surface area contributed by atoms with Crippen molar-refractivity contribution in [3.63, 3.8) is 0 Å². The summed E-state index contributed by atoms with van der Waals surface area (Å²) in [4.78, 5) is 35.6. The van der Waals surface area contributed by atoms with Gasteiger partial charge < -0.3 is 25.8 Å². The topological polar surface area (TPSA) is 170 Å². The third-order valence-electron chi connectivity index (χ3n) is 9.41. The minimum absolute atomic E-state index is 0.00101. The maximum atomic E-state index is 14.3. The number of aliphatic hydroxyl groups is 1. The van der Waals surface area contributed by atoms with Crippen LogP contribution in [0.15, 0.2) is 89.2 Å². The maximum Gasteiger partial charge on any atom is 0.321 e. The average Bonchev–Trinajstić information content (AvgIpc) is 3.44. The second-order valence-electron chi connectivity index (χ2n) is 13.1. The van der Waals surface area contributed by atoms with E-state index >= 15 is 0 Å². The van der Waals surface area contributed by atoms with Crippen molar-refractivity contribution in [3.05, 3.63) is 95.8 Å². The van der Waals surface area contributed by atoms with Gasteiger partial charge in [0.1, 0.15) is 5.54 Å². The van der Waals surface area contributed by atoms with E-state index in [0.29, 0.717) is 18.5 Å². The van der Waals surface area contributed by atoms with Gasteiger partial charge in [0.25, 0.3) is 0 Å². The third kappa shape index (κ3) is 8.28. The average molecular weight is 693 g/mol. The molecular weight excluding hydrogens is 644 g/mol. The number of amides is 3. The molecule has 0 saturated carbocycles. The summed E-state index contributed by atoms with van der Waals surface area (Å²) in [6.45, 7) is 8.08. The first kappa shape index (κ1) is 37.5. The number of hydrogen-bond acceptors (Lipinski definition) is 8. The molecule has 2 aromatic carbocycles. The zero-order valence-corrected chi connectivity index (χ0v) is 29.4. The van der Waals surface area contributed by atoms with Crippen LogP contribution in [0, 0.1) is 17.8 Å². The molecule has 0 spiro atoms. The Hall–Kier alpha value is -4.33. The van der Waals surface area contributed by atoms with Crippen molar-refractivity contribution in [2.24, 2.45) is 28.6 Å². The van der Waals surface area contributed by atoms with E-state index < -0.39 is 39.4 Å². The number of carbonyl (C=O) groups is 2. The van der Waals surface area contributed by atoms with Gasteiger partial charge in [0, 0.05) is 51.0 Å². The van der Waals surface area contributed by atoms with E-state index in [2.05, 4.69) is 10.1 Å². The van der Waals surface area contributed by atoms with Gasteiger partial charge in [-0.3, -0.25) is 9.78 Å². The number of rotatable bonds is 17. The molecule has 3 amide bonds. The molecule has 4 N–H and O–H groups in total. The standard InChI is InChI=1S/C36H48N6O6S/c1-5-27(4)36(34(37)44,42-19-18-40(35(42)45)24-30-12-9-17-38-21-30)32(20-28-10-7-6-8-11-28)33(43)25-41(23-26(2)3)49(47,48)31-15-13-29(14-16-31)22-39-46/h6-17,21-22,26-27,32-33,43,46H,5,18-20,23-25H2,1-4H3,(H2,37,44)/t27?,32-,33+,36?/m1/s1. The molecule has 4 rings (SSSR count). The Morgan fingerprint density at radius 1 is 1.04 bits per heavy atom. The number of hydrogen-bond donors (Lipinski definition) is 3. The number of sulfonamides is 1. The molecule has 264 valence electrons. The first-order valence-electron chi connectivity index (χ1n) is 16.6. The van der Waals surface area contributed by atoms with Gasteiger partial charge in [-0.1, -0.05) is 87.8 Å². The number of primary amides is 1. The lowest BCUT2D eigenvalue weighted by molar-refractivity contribution is -0.141. The van der Waals surface area contributed by atoms with Crippen LogP contribution in [-0.2, 0) is 27.8 Å². The van der Waals surface area contributed by atoms with Crippen LogP contribution in [0.4, 0.5) is 4.79 Å². The van der Waals surface area contributed by atoms with Crippen LogP contribution in [0.5, 0.6) is 0 Å². The van der Waals surface area contributed by atoms with E-state index in [1.54, 1.807) is 23.4 Å². The van der Waals surface area contributed by atoms with Gasteiger partial charge in [-0.05, 0) is 53.1 Å². The smallest absolute Gasteiger partial charge is 0.321 e. The zero-order chi connectivity index (χ0) is 35.8. The molecule has 2 unspecified atom stereocenters. The fourth-order valence-electron chi connectivity index (χ4n) is 6.89. The van der Waals surface area contributed by atoms with Gasteiger partial charge in [0.15, 0.2) is 0 Å². The van der Waals surface area contributed by atoms with Crippen molar-refractivity contribution in [1.29, 1.82) is 0 Å². The highest BCUT2D eigenvalue weighted by molar-refractivity contribution is 7.89. The Bertz CT molecular complexity index is 1670. The highest BCUT2D eigenvalue weighted by atomic mass is 32.2. The Morgan fingerprint density at radius 3 is 2.29 bits per heavy atom. The monoisotopic (exact) mass is 692 g/mol. The number of carbonyl (C=O) groups excluding carboxylic acids is 2.